The van der Waals surface area contributed by atoms with E-state index in [1.54, 1.807) is 42.5 Å². The number of aliphatic hydroxyl groups excluding tert-OH is 1. The molecule has 0 saturated carbocycles. The molecular weight excluding hydrogens is 449 g/mol. The van der Waals surface area contributed by atoms with Crippen molar-refractivity contribution in [3.05, 3.63) is 99.0 Å². The van der Waals surface area contributed by atoms with E-state index in [2.05, 4.69) is 0 Å². The summed E-state index contributed by atoms with van der Waals surface area (Å²) < 4.78 is 0. The number of carbonyl (C=O) groups excluding carboxylic acids is 2. The molecule has 5 nitrogen and oxygen atoms in total. The van der Waals surface area contributed by atoms with Gasteiger partial charge < -0.3 is 10.2 Å². The van der Waals surface area contributed by atoms with E-state index in [-0.39, 0.29) is 22.1 Å². The second-order valence-electron chi connectivity index (χ2n) is 7.41. The summed E-state index contributed by atoms with van der Waals surface area (Å²) in [6.45, 7) is 2.01. The lowest BCUT2D eigenvalue weighted by molar-refractivity contribution is -0.132. The molecule has 3 aromatic carbocycles. The number of hydrogen-bond acceptors (Lipinski definition) is 4. The van der Waals surface area contributed by atoms with Gasteiger partial charge in [-0.25, -0.2) is 0 Å². The fraction of sp³-hybridized carbons (Fsp3) is 0.120. The largest absolute Gasteiger partial charge is 0.507 e. The van der Waals surface area contributed by atoms with Gasteiger partial charge in [-0.05, 0) is 53.9 Å². The molecule has 1 amide bonds. The highest BCUT2D eigenvalue weighted by Crippen LogP contribution is 2.43. The standard InChI is InChI=1S/C25H19Cl2NO4/c1-2-14-3-5-15(6-4-14)23(30)21-22(16-7-12-20(29)19(27)13-16)28(25(32)24(21)31)18-10-8-17(26)9-11-18/h3-13,22,29-30H,2H2,1H3/b23-21-. The normalized spacial score (nSPS) is 17.7. The summed E-state index contributed by atoms with van der Waals surface area (Å²) in [5, 5.41) is 21.5. The van der Waals surface area contributed by atoms with Crippen LogP contribution in [-0.4, -0.2) is 21.9 Å². The third-order valence-electron chi connectivity index (χ3n) is 5.47. The van der Waals surface area contributed by atoms with Crippen LogP contribution in [0.5, 0.6) is 5.75 Å². The molecule has 1 saturated heterocycles. The first-order chi connectivity index (χ1) is 15.3. The van der Waals surface area contributed by atoms with E-state index in [0.29, 0.717) is 21.8 Å². The summed E-state index contributed by atoms with van der Waals surface area (Å²) in [6, 6.07) is 17.1. The lowest BCUT2D eigenvalue weighted by atomic mass is 9.94. The number of benzene rings is 3. The first-order valence-corrected chi connectivity index (χ1v) is 10.7. The number of halogens is 2. The van der Waals surface area contributed by atoms with E-state index < -0.39 is 17.7 Å². The number of aryl methyl sites for hydroxylation is 1. The number of aromatic hydroxyl groups is 1. The number of carbonyl (C=O) groups is 2. The van der Waals surface area contributed by atoms with Gasteiger partial charge in [-0.2, -0.15) is 0 Å². The number of ketones is 1. The summed E-state index contributed by atoms with van der Waals surface area (Å²) in [6.07, 6.45) is 0.827. The summed E-state index contributed by atoms with van der Waals surface area (Å²) >= 11 is 12.1. The molecule has 162 valence electrons. The van der Waals surface area contributed by atoms with Crippen LogP contribution in [0.3, 0.4) is 0 Å². The van der Waals surface area contributed by atoms with Gasteiger partial charge in [0, 0.05) is 16.3 Å². The Morgan fingerprint density at radius 2 is 1.62 bits per heavy atom. The first-order valence-electron chi connectivity index (χ1n) is 9.96. The molecule has 1 atom stereocenters. The van der Waals surface area contributed by atoms with Crippen molar-refractivity contribution in [2.45, 2.75) is 19.4 Å². The second-order valence-corrected chi connectivity index (χ2v) is 8.25. The van der Waals surface area contributed by atoms with Crippen LogP contribution in [0.25, 0.3) is 5.76 Å². The molecule has 0 spiro atoms. The van der Waals surface area contributed by atoms with Crippen LogP contribution in [0.4, 0.5) is 5.69 Å². The van der Waals surface area contributed by atoms with Crippen molar-refractivity contribution in [3.63, 3.8) is 0 Å². The minimum absolute atomic E-state index is 0.0593. The van der Waals surface area contributed by atoms with Crippen LogP contribution in [0.15, 0.2) is 72.3 Å². The molecule has 1 unspecified atom stereocenters. The number of rotatable bonds is 4. The summed E-state index contributed by atoms with van der Waals surface area (Å²) in [5.41, 5.74) is 2.34. The van der Waals surface area contributed by atoms with Crippen LogP contribution in [-0.2, 0) is 16.0 Å². The molecule has 7 heteroatoms. The van der Waals surface area contributed by atoms with Crippen molar-refractivity contribution in [1.82, 2.24) is 0 Å². The number of amides is 1. The van der Waals surface area contributed by atoms with Gasteiger partial charge in [0.25, 0.3) is 11.7 Å². The van der Waals surface area contributed by atoms with Crippen LogP contribution in [0.2, 0.25) is 10.0 Å². The monoisotopic (exact) mass is 467 g/mol. The van der Waals surface area contributed by atoms with Crippen molar-refractivity contribution in [1.29, 1.82) is 0 Å². The predicted octanol–water partition coefficient (Wildman–Crippen LogP) is 5.89. The zero-order chi connectivity index (χ0) is 23.0. The Balaban J connectivity index is 1.93. The Morgan fingerprint density at radius 1 is 0.969 bits per heavy atom. The maximum Gasteiger partial charge on any atom is 0.300 e. The van der Waals surface area contributed by atoms with Gasteiger partial charge in [0.1, 0.15) is 11.5 Å². The Morgan fingerprint density at radius 3 is 2.22 bits per heavy atom. The molecule has 0 radical (unpaired) electrons. The molecule has 2 N–H and O–H groups in total. The Kier molecular flexibility index (Phi) is 5.96. The van der Waals surface area contributed by atoms with E-state index in [1.807, 2.05) is 19.1 Å². The number of anilines is 1. The van der Waals surface area contributed by atoms with Gasteiger partial charge in [0.2, 0.25) is 0 Å². The second kappa shape index (κ2) is 8.69. The van der Waals surface area contributed by atoms with E-state index in [1.165, 1.54) is 17.0 Å². The van der Waals surface area contributed by atoms with Crippen LogP contribution < -0.4 is 4.90 Å². The van der Waals surface area contributed by atoms with Gasteiger partial charge in [-0.15, -0.1) is 0 Å². The van der Waals surface area contributed by atoms with Crippen molar-refractivity contribution in [3.8, 4) is 5.75 Å². The average Bonchev–Trinajstić information content (AvgIpc) is 3.06. The molecule has 0 bridgehead atoms. The third-order valence-corrected chi connectivity index (χ3v) is 6.03. The van der Waals surface area contributed by atoms with Crippen LogP contribution in [0.1, 0.15) is 29.7 Å². The van der Waals surface area contributed by atoms with Gasteiger partial charge in [0.05, 0.1) is 16.6 Å². The smallest absolute Gasteiger partial charge is 0.300 e. The van der Waals surface area contributed by atoms with E-state index in [4.69, 9.17) is 23.2 Å². The highest BCUT2D eigenvalue weighted by Gasteiger charge is 2.47. The van der Waals surface area contributed by atoms with Crippen molar-refractivity contribution in [2.24, 2.45) is 0 Å². The lowest BCUT2D eigenvalue weighted by Gasteiger charge is -2.25. The summed E-state index contributed by atoms with van der Waals surface area (Å²) in [5.74, 6) is -2.01. The van der Waals surface area contributed by atoms with Crippen molar-refractivity contribution >= 4 is 46.3 Å². The predicted molar refractivity (Wildman–Crippen MR) is 125 cm³/mol. The molecular formula is C25H19Cl2NO4. The van der Waals surface area contributed by atoms with Gasteiger partial charge in [-0.3, -0.25) is 14.5 Å². The molecule has 1 heterocycles. The fourth-order valence-electron chi connectivity index (χ4n) is 3.76. The van der Waals surface area contributed by atoms with E-state index in [0.717, 1.165) is 12.0 Å². The van der Waals surface area contributed by atoms with Gasteiger partial charge in [0.15, 0.2) is 0 Å². The number of hydrogen-bond donors (Lipinski definition) is 2. The van der Waals surface area contributed by atoms with Gasteiger partial charge in [-0.1, -0.05) is 60.5 Å². The Hall–Kier alpha value is -3.28. The molecule has 1 fully saturated rings. The zero-order valence-electron chi connectivity index (χ0n) is 17.0. The van der Waals surface area contributed by atoms with E-state index >= 15 is 0 Å². The molecule has 4 rings (SSSR count). The van der Waals surface area contributed by atoms with Gasteiger partial charge >= 0.3 is 0 Å². The van der Waals surface area contributed by atoms with E-state index in [9.17, 15) is 19.8 Å². The maximum atomic E-state index is 13.1. The summed E-state index contributed by atoms with van der Waals surface area (Å²) in [7, 11) is 0. The number of aliphatic hydroxyl groups is 1. The quantitative estimate of drug-likeness (QED) is 0.285. The summed E-state index contributed by atoms with van der Waals surface area (Å²) in [4.78, 5) is 27.5. The first kappa shape index (κ1) is 21.9. The zero-order valence-corrected chi connectivity index (χ0v) is 18.6. The van der Waals surface area contributed by atoms with Crippen molar-refractivity contribution < 1.29 is 19.8 Å². The van der Waals surface area contributed by atoms with Crippen LogP contribution >= 0.6 is 23.2 Å². The molecule has 1 aliphatic heterocycles. The highest BCUT2D eigenvalue weighted by atomic mass is 35.5. The highest BCUT2D eigenvalue weighted by molar-refractivity contribution is 6.51. The number of Topliss-reactive ketones (excluding diaryl/α,β-unsaturated/α-hetero) is 1. The van der Waals surface area contributed by atoms with Crippen LogP contribution in [0, 0.1) is 0 Å². The maximum absolute atomic E-state index is 13.1. The number of phenolic OH excluding ortho intramolecular Hbond substituents is 1. The minimum Gasteiger partial charge on any atom is -0.507 e. The lowest BCUT2D eigenvalue weighted by Crippen LogP contribution is -2.29. The average molecular weight is 468 g/mol. The molecule has 32 heavy (non-hydrogen) atoms. The Labute approximate surface area is 195 Å². The minimum atomic E-state index is -0.944. The number of nitrogens with zero attached hydrogens (tertiary/aromatic N) is 1. The molecule has 3 aromatic rings. The third kappa shape index (κ3) is 3.85. The Bertz CT molecular complexity index is 1230. The molecule has 0 aromatic heterocycles. The molecule has 1 aliphatic rings. The molecule has 0 aliphatic carbocycles. The van der Waals surface area contributed by atoms with Crippen molar-refractivity contribution in [2.75, 3.05) is 4.90 Å². The topological polar surface area (TPSA) is 77.8 Å². The fourth-order valence-corrected chi connectivity index (χ4v) is 4.08. The SMILES string of the molecule is CCc1ccc(/C(O)=C2/C(=O)C(=O)N(c3ccc(Cl)cc3)C2c2ccc(O)c(Cl)c2)cc1. The number of phenols is 1.